The summed E-state index contributed by atoms with van der Waals surface area (Å²) in [7, 11) is 3.28. The molecule has 0 radical (unpaired) electrons. The van der Waals surface area contributed by atoms with E-state index in [0.717, 1.165) is 13.8 Å². The maximum Gasteiger partial charge on any atom is 0.300 e. The van der Waals surface area contributed by atoms with Crippen LogP contribution in [0, 0.1) is 6.92 Å². The number of hydrogen-bond donors (Lipinski definition) is 2. The van der Waals surface area contributed by atoms with E-state index in [2.05, 4.69) is 15.3 Å². The second-order valence-corrected chi connectivity index (χ2v) is 11.1. The van der Waals surface area contributed by atoms with Gasteiger partial charge in [-0.1, -0.05) is 18.2 Å². The summed E-state index contributed by atoms with van der Waals surface area (Å²) in [6.45, 7) is 8.16. The Kier molecular flexibility index (Phi) is 7.76. The molecule has 0 unspecified atom stereocenters. The van der Waals surface area contributed by atoms with Crippen LogP contribution in [0.2, 0.25) is 0 Å². The number of aryl methyl sites for hydroxylation is 1. The number of carbonyl (C=O) groups excluding carboxylic acids is 1. The Morgan fingerprint density at radius 1 is 1.20 bits per heavy atom. The molecule has 1 fully saturated rings. The van der Waals surface area contributed by atoms with Crippen LogP contribution in [-0.2, 0) is 28.1 Å². The Labute approximate surface area is 232 Å². The number of ether oxygens (including phenoxy) is 1. The number of halogens is 2. The van der Waals surface area contributed by atoms with Crippen molar-refractivity contribution in [2.75, 3.05) is 25.5 Å². The fraction of sp³-hybridized carbons (Fsp3) is 0.517. The van der Waals surface area contributed by atoms with Gasteiger partial charge in [-0.2, -0.15) is 8.78 Å². The summed E-state index contributed by atoms with van der Waals surface area (Å²) >= 11 is 0. The van der Waals surface area contributed by atoms with Crippen LogP contribution >= 0.6 is 0 Å². The summed E-state index contributed by atoms with van der Waals surface area (Å²) in [5.74, 6) is -2.70. The zero-order chi connectivity index (χ0) is 29.6. The summed E-state index contributed by atoms with van der Waals surface area (Å²) in [5.41, 5.74) is -2.22. The molecule has 1 saturated heterocycles. The zero-order valence-corrected chi connectivity index (χ0v) is 24.0. The maximum absolute atomic E-state index is 14.9. The van der Waals surface area contributed by atoms with Crippen molar-refractivity contribution < 1.29 is 23.4 Å². The van der Waals surface area contributed by atoms with Crippen LogP contribution in [0.3, 0.4) is 0 Å². The van der Waals surface area contributed by atoms with Gasteiger partial charge in [0.25, 0.3) is 5.56 Å². The Morgan fingerprint density at radius 2 is 1.85 bits per heavy atom. The number of carbonyl (C=O) groups is 1. The van der Waals surface area contributed by atoms with Gasteiger partial charge in [0.1, 0.15) is 28.4 Å². The number of anilines is 1. The first-order chi connectivity index (χ1) is 18.6. The normalized spacial score (nSPS) is 16.7. The molecule has 0 spiro atoms. The molecule has 3 aromatic rings. The lowest BCUT2D eigenvalue weighted by Gasteiger charge is -2.41. The van der Waals surface area contributed by atoms with E-state index in [-0.39, 0.29) is 22.5 Å². The minimum absolute atomic E-state index is 0.00848. The number of aromatic nitrogens is 3. The fourth-order valence-electron chi connectivity index (χ4n) is 5.32. The van der Waals surface area contributed by atoms with Gasteiger partial charge in [0, 0.05) is 45.8 Å². The number of piperidine rings is 1. The van der Waals surface area contributed by atoms with Crippen LogP contribution in [-0.4, -0.2) is 56.2 Å². The highest BCUT2D eigenvalue weighted by atomic mass is 19.3. The smallest absolute Gasteiger partial charge is 0.300 e. The predicted octanol–water partition coefficient (Wildman–Crippen LogP) is 4.16. The van der Waals surface area contributed by atoms with Crippen LogP contribution in [0.5, 0.6) is 0 Å². The van der Waals surface area contributed by atoms with Crippen molar-refractivity contribution in [3.63, 3.8) is 0 Å². The van der Waals surface area contributed by atoms with Crippen LogP contribution in [0.4, 0.5) is 14.6 Å². The van der Waals surface area contributed by atoms with Gasteiger partial charge in [-0.25, -0.2) is 9.97 Å². The number of nitrogens with zero attached hydrogens (tertiary/aromatic N) is 4. The van der Waals surface area contributed by atoms with E-state index in [1.54, 1.807) is 39.0 Å². The van der Waals surface area contributed by atoms with Crippen molar-refractivity contribution >= 4 is 22.6 Å². The molecule has 1 aliphatic rings. The fourth-order valence-corrected chi connectivity index (χ4v) is 5.32. The summed E-state index contributed by atoms with van der Waals surface area (Å²) in [6, 6.07) is 7.25. The molecule has 3 heterocycles. The van der Waals surface area contributed by atoms with E-state index in [1.807, 2.05) is 6.07 Å². The number of amides is 1. The zero-order valence-electron chi connectivity index (χ0n) is 24.0. The number of likely N-dealkylation sites (tertiary alicyclic amines) is 1. The van der Waals surface area contributed by atoms with Gasteiger partial charge in [-0.3, -0.25) is 9.59 Å². The standard InChI is InChI=1S/C29H37F2N5O4/c1-17(20-9-8-10-21(15-20)29(30,31)27(4,5)39)32-25-22-16-23(35(6)26(38)24(22)33-18(2)34-25)28(40-7)11-13-36(14-12-28)19(3)37/h8-10,15-17,39H,11-14H2,1-7H3,(H,32,33,34)/t17-/m1/s1. The molecule has 9 nitrogen and oxygen atoms in total. The highest BCUT2D eigenvalue weighted by molar-refractivity contribution is 5.89. The Hall–Kier alpha value is -3.44. The van der Waals surface area contributed by atoms with E-state index in [4.69, 9.17) is 4.74 Å². The number of pyridine rings is 1. The SMILES string of the molecule is COC1(c2cc3c(N[C@H](C)c4cccc(C(F)(F)C(C)(C)O)c4)nc(C)nc3c(=O)n2C)CCN(C(C)=O)CC1. The molecule has 216 valence electrons. The molecule has 2 aromatic heterocycles. The molecular weight excluding hydrogens is 520 g/mol. The lowest BCUT2D eigenvalue weighted by atomic mass is 9.86. The molecule has 11 heteroatoms. The monoisotopic (exact) mass is 557 g/mol. The first kappa shape index (κ1) is 29.5. The summed E-state index contributed by atoms with van der Waals surface area (Å²) in [6.07, 6.45) is 1.02. The third-order valence-corrected chi connectivity index (χ3v) is 7.95. The number of hydrogen-bond acceptors (Lipinski definition) is 7. The topological polar surface area (TPSA) is 110 Å². The molecular formula is C29H37F2N5O4. The van der Waals surface area contributed by atoms with Crippen molar-refractivity contribution in [3.05, 3.63) is 63.3 Å². The lowest BCUT2D eigenvalue weighted by molar-refractivity contribution is -0.168. The second kappa shape index (κ2) is 10.5. The van der Waals surface area contributed by atoms with Gasteiger partial charge < -0.3 is 24.6 Å². The minimum Gasteiger partial charge on any atom is -0.384 e. The van der Waals surface area contributed by atoms with E-state index in [0.29, 0.717) is 54.2 Å². The van der Waals surface area contributed by atoms with Gasteiger partial charge in [0.05, 0.1) is 11.1 Å². The first-order valence-corrected chi connectivity index (χ1v) is 13.3. The van der Waals surface area contributed by atoms with Crippen LogP contribution in [0.15, 0.2) is 35.1 Å². The number of fused-ring (bicyclic) bond motifs is 1. The molecule has 40 heavy (non-hydrogen) atoms. The summed E-state index contributed by atoms with van der Waals surface area (Å²) < 4.78 is 37.3. The van der Waals surface area contributed by atoms with Crippen molar-refractivity contribution in [1.29, 1.82) is 0 Å². The molecule has 1 aromatic carbocycles. The van der Waals surface area contributed by atoms with Crippen molar-refractivity contribution in [2.24, 2.45) is 7.05 Å². The van der Waals surface area contributed by atoms with Crippen molar-refractivity contribution in [1.82, 2.24) is 19.4 Å². The highest BCUT2D eigenvalue weighted by Gasteiger charge is 2.47. The van der Waals surface area contributed by atoms with Crippen molar-refractivity contribution in [2.45, 2.75) is 70.6 Å². The number of methoxy groups -OCH3 is 1. The van der Waals surface area contributed by atoms with Crippen molar-refractivity contribution in [3.8, 4) is 0 Å². The van der Waals surface area contributed by atoms with Gasteiger partial charge in [0.2, 0.25) is 5.91 Å². The number of alkyl halides is 2. The number of nitrogens with one attached hydrogen (secondary N) is 1. The first-order valence-electron chi connectivity index (χ1n) is 13.3. The molecule has 0 aliphatic carbocycles. The highest BCUT2D eigenvalue weighted by Crippen LogP contribution is 2.40. The molecule has 1 aliphatic heterocycles. The van der Waals surface area contributed by atoms with Gasteiger partial charge >= 0.3 is 5.92 Å². The predicted molar refractivity (Wildman–Crippen MR) is 148 cm³/mol. The largest absolute Gasteiger partial charge is 0.384 e. The third kappa shape index (κ3) is 5.19. The van der Waals surface area contributed by atoms with Gasteiger partial charge in [0.15, 0.2) is 0 Å². The molecule has 2 N–H and O–H groups in total. The third-order valence-electron chi connectivity index (χ3n) is 7.95. The second-order valence-electron chi connectivity index (χ2n) is 11.1. The average molecular weight is 558 g/mol. The van der Waals surface area contributed by atoms with E-state index in [1.165, 1.54) is 29.7 Å². The van der Waals surface area contributed by atoms with Crippen LogP contribution < -0.4 is 10.9 Å². The molecule has 1 atom stereocenters. The maximum atomic E-state index is 14.9. The van der Waals surface area contributed by atoms with Gasteiger partial charge in [-0.15, -0.1) is 0 Å². The number of aliphatic hydroxyl groups is 1. The molecule has 0 saturated carbocycles. The molecule has 0 bridgehead atoms. The van der Waals surface area contributed by atoms with Crippen LogP contribution in [0.25, 0.3) is 10.9 Å². The Morgan fingerprint density at radius 3 is 2.42 bits per heavy atom. The average Bonchev–Trinajstić information content (AvgIpc) is 2.90. The van der Waals surface area contributed by atoms with E-state index >= 15 is 0 Å². The van der Waals surface area contributed by atoms with Crippen LogP contribution in [0.1, 0.15) is 69.2 Å². The number of benzene rings is 1. The van der Waals surface area contributed by atoms with E-state index in [9.17, 15) is 23.5 Å². The quantitative estimate of drug-likeness (QED) is 0.449. The summed E-state index contributed by atoms with van der Waals surface area (Å²) in [5, 5.41) is 13.8. The lowest BCUT2D eigenvalue weighted by Crippen LogP contribution is -2.47. The molecule has 1 amide bonds. The number of rotatable bonds is 7. The Bertz CT molecular complexity index is 1490. The molecule has 4 rings (SSSR count). The Balaban J connectivity index is 1.77. The van der Waals surface area contributed by atoms with E-state index < -0.39 is 23.2 Å². The summed E-state index contributed by atoms with van der Waals surface area (Å²) in [4.78, 5) is 36.2. The minimum atomic E-state index is -3.46. The van der Waals surface area contributed by atoms with Gasteiger partial charge in [-0.05, 0) is 58.2 Å².